The molecule has 2 atom stereocenters. The Morgan fingerprint density at radius 2 is 0.919 bits per heavy atom. The minimum Gasteiger partial charge on any atom is -0.756 e. The van der Waals surface area contributed by atoms with Gasteiger partial charge in [0.1, 0.15) is 19.8 Å². The molecule has 9 nitrogen and oxygen atoms in total. The predicted octanol–water partition coefficient (Wildman–Crippen LogP) is 13.5. The van der Waals surface area contributed by atoms with Crippen molar-refractivity contribution < 1.29 is 42.1 Å². The van der Waals surface area contributed by atoms with Crippen LogP contribution in [0.25, 0.3) is 0 Å². The molecule has 0 spiro atoms. The highest BCUT2D eigenvalue weighted by atomic mass is 31.2. The smallest absolute Gasteiger partial charge is 0.306 e. The molecular weight excluding hydrogens is 798 g/mol. The van der Waals surface area contributed by atoms with Crippen LogP contribution in [-0.2, 0) is 32.7 Å². The summed E-state index contributed by atoms with van der Waals surface area (Å²) in [4.78, 5) is 37.6. The van der Waals surface area contributed by atoms with E-state index in [9.17, 15) is 19.0 Å². The second-order valence-corrected chi connectivity index (χ2v) is 18.1. The van der Waals surface area contributed by atoms with Gasteiger partial charge < -0.3 is 27.9 Å². The van der Waals surface area contributed by atoms with E-state index < -0.39 is 32.5 Å². The zero-order valence-electron chi connectivity index (χ0n) is 39.8. The molecular formula is C52H88NO8P. The van der Waals surface area contributed by atoms with Crippen LogP contribution in [0.15, 0.2) is 97.2 Å². The monoisotopic (exact) mass is 886 g/mol. The van der Waals surface area contributed by atoms with Gasteiger partial charge in [-0.15, -0.1) is 0 Å². The van der Waals surface area contributed by atoms with E-state index in [0.29, 0.717) is 23.9 Å². The Hall–Kier alpha value is -3.07. The van der Waals surface area contributed by atoms with Crippen LogP contribution < -0.4 is 4.89 Å². The van der Waals surface area contributed by atoms with Gasteiger partial charge >= 0.3 is 11.9 Å². The maximum absolute atomic E-state index is 12.7. The third kappa shape index (κ3) is 46.4. The molecule has 0 aliphatic carbocycles. The van der Waals surface area contributed by atoms with E-state index in [1.165, 1.54) is 25.7 Å². The molecule has 0 aromatic rings. The maximum Gasteiger partial charge on any atom is 0.306 e. The van der Waals surface area contributed by atoms with Crippen molar-refractivity contribution in [2.24, 2.45) is 0 Å². The average molecular weight is 886 g/mol. The van der Waals surface area contributed by atoms with Gasteiger partial charge in [0.2, 0.25) is 0 Å². The highest BCUT2D eigenvalue weighted by Crippen LogP contribution is 2.38. The second kappa shape index (κ2) is 43.2. The van der Waals surface area contributed by atoms with Crippen LogP contribution in [0.2, 0.25) is 0 Å². The van der Waals surface area contributed by atoms with Crippen molar-refractivity contribution in [3.8, 4) is 0 Å². The lowest BCUT2D eigenvalue weighted by molar-refractivity contribution is -0.870. The van der Waals surface area contributed by atoms with Crippen LogP contribution >= 0.6 is 7.82 Å². The molecule has 10 heteroatoms. The third-order valence-electron chi connectivity index (χ3n) is 9.59. The third-order valence-corrected chi connectivity index (χ3v) is 10.6. The van der Waals surface area contributed by atoms with Crippen LogP contribution in [0, 0.1) is 0 Å². The Balaban J connectivity index is 4.40. The molecule has 0 radical (unpaired) electrons. The highest BCUT2D eigenvalue weighted by molar-refractivity contribution is 7.45. The summed E-state index contributed by atoms with van der Waals surface area (Å²) in [5, 5.41) is 0. The summed E-state index contributed by atoms with van der Waals surface area (Å²) in [6, 6.07) is 0. The highest BCUT2D eigenvalue weighted by Gasteiger charge is 2.21. The quantitative estimate of drug-likeness (QED) is 0.0196. The van der Waals surface area contributed by atoms with Crippen molar-refractivity contribution in [3.05, 3.63) is 97.2 Å². The summed E-state index contributed by atoms with van der Waals surface area (Å²) in [5.74, 6) is -0.889. The number of rotatable bonds is 42. The Kier molecular flexibility index (Phi) is 41.1. The number of likely N-dealkylation sites (N-methyl/N-ethyl adjacent to an activating group) is 1. The van der Waals surface area contributed by atoms with Crippen molar-refractivity contribution in [3.63, 3.8) is 0 Å². The van der Waals surface area contributed by atoms with E-state index in [4.69, 9.17) is 18.5 Å². The molecule has 0 amide bonds. The first kappa shape index (κ1) is 58.9. The first-order valence-corrected chi connectivity index (χ1v) is 25.4. The summed E-state index contributed by atoms with van der Waals surface area (Å²) >= 11 is 0. The fourth-order valence-electron chi connectivity index (χ4n) is 5.86. The average Bonchev–Trinajstić information content (AvgIpc) is 3.23. The Labute approximate surface area is 379 Å². The van der Waals surface area contributed by atoms with E-state index in [2.05, 4.69) is 111 Å². The van der Waals surface area contributed by atoms with Gasteiger partial charge in [0, 0.05) is 12.8 Å². The normalized spacial score (nSPS) is 14.4. The van der Waals surface area contributed by atoms with Crippen molar-refractivity contribution in [1.82, 2.24) is 0 Å². The standard InChI is InChI=1S/C52H88NO8P/c1-6-8-10-12-14-16-18-20-22-23-24-25-26-27-28-29-31-33-35-37-39-41-43-45-52(55)61-50(49-60-62(56,57)59-47-46-53(3,4)5)48-58-51(54)44-42-40-38-36-34-32-30-21-19-17-15-13-11-9-7-2/h8,10,14-17,20-22,24-25,27-28,30-31,33,50H,6-7,9,11-13,18-19,23,26,29,32,34-49H2,1-5H3/b10-8-,16-14-,17-15-,22-20-,25-24-,28-27-,30-21-,33-31-. The van der Waals surface area contributed by atoms with E-state index in [1.807, 2.05) is 21.1 Å². The minimum atomic E-state index is -4.65. The zero-order chi connectivity index (χ0) is 45.7. The number of phosphoric acid groups is 1. The van der Waals surface area contributed by atoms with Gasteiger partial charge in [-0.25, -0.2) is 0 Å². The number of phosphoric ester groups is 1. The first-order valence-electron chi connectivity index (χ1n) is 23.9. The van der Waals surface area contributed by atoms with Crippen molar-refractivity contribution >= 4 is 19.8 Å². The van der Waals surface area contributed by atoms with Crippen LogP contribution in [0.1, 0.15) is 168 Å². The lowest BCUT2D eigenvalue weighted by Crippen LogP contribution is -2.37. The molecule has 0 saturated heterocycles. The number of unbranched alkanes of at least 4 members (excludes halogenated alkanes) is 12. The van der Waals surface area contributed by atoms with Crippen LogP contribution in [0.5, 0.6) is 0 Å². The zero-order valence-corrected chi connectivity index (χ0v) is 40.7. The van der Waals surface area contributed by atoms with Crippen LogP contribution in [0.4, 0.5) is 0 Å². The van der Waals surface area contributed by atoms with Gasteiger partial charge in [-0.2, -0.15) is 0 Å². The molecule has 0 aliphatic heterocycles. The van der Waals surface area contributed by atoms with E-state index in [-0.39, 0.29) is 26.1 Å². The molecule has 2 unspecified atom stereocenters. The van der Waals surface area contributed by atoms with Crippen LogP contribution in [0.3, 0.4) is 0 Å². The van der Waals surface area contributed by atoms with E-state index >= 15 is 0 Å². The topological polar surface area (TPSA) is 111 Å². The molecule has 0 fully saturated rings. The molecule has 0 bridgehead atoms. The second-order valence-electron chi connectivity index (χ2n) is 16.7. The molecule has 0 aromatic carbocycles. The summed E-state index contributed by atoms with van der Waals surface area (Å²) < 4.78 is 33.9. The number of allylic oxidation sites excluding steroid dienone is 16. The SMILES string of the molecule is CC/C=C\C/C=C\C/C=C\C/C=C\C/C=C\C/C=C\CCCCCCC(=O)OC(COC(=O)CCCCCCC/C=C\C/C=C\CCCCC)COP(=O)([O-])OCC[N+](C)(C)C. The Morgan fingerprint density at radius 3 is 1.37 bits per heavy atom. The number of hydrogen-bond donors (Lipinski definition) is 0. The molecule has 354 valence electrons. The number of carbonyl (C=O) groups is 2. The fourth-order valence-corrected chi connectivity index (χ4v) is 6.59. The number of ether oxygens (including phenoxy) is 2. The van der Waals surface area contributed by atoms with E-state index in [0.717, 1.165) is 103 Å². The summed E-state index contributed by atoms with van der Waals surface area (Å²) in [7, 11) is 1.12. The Bertz CT molecular complexity index is 1370. The van der Waals surface area contributed by atoms with Crippen molar-refractivity contribution in [1.29, 1.82) is 0 Å². The number of nitrogens with zero attached hydrogens (tertiary/aromatic N) is 1. The molecule has 62 heavy (non-hydrogen) atoms. The molecule has 0 rings (SSSR count). The van der Waals surface area contributed by atoms with Crippen molar-refractivity contribution in [2.45, 2.75) is 174 Å². The first-order chi connectivity index (χ1) is 30.0. The summed E-state index contributed by atoms with van der Waals surface area (Å²) in [5.41, 5.74) is 0. The fraction of sp³-hybridized carbons (Fsp3) is 0.654. The summed E-state index contributed by atoms with van der Waals surface area (Å²) in [6.07, 6.45) is 57.2. The summed E-state index contributed by atoms with van der Waals surface area (Å²) in [6.45, 7) is 4.02. The van der Waals surface area contributed by atoms with Crippen molar-refractivity contribution in [2.75, 3.05) is 47.5 Å². The molecule has 0 N–H and O–H groups in total. The number of carbonyl (C=O) groups excluding carboxylic acids is 2. The number of esters is 2. The van der Waals surface area contributed by atoms with Gasteiger partial charge in [0.15, 0.2) is 6.10 Å². The van der Waals surface area contributed by atoms with Gasteiger partial charge in [0.25, 0.3) is 7.82 Å². The van der Waals surface area contributed by atoms with Crippen LogP contribution in [-0.4, -0.2) is 70.0 Å². The molecule has 0 aliphatic rings. The van der Waals surface area contributed by atoms with Gasteiger partial charge in [0.05, 0.1) is 27.7 Å². The minimum absolute atomic E-state index is 0.0443. The Morgan fingerprint density at radius 1 is 0.516 bits per heavy atom. The largest absolute Gasteiger partial charge is 0.756 e. The lowest BCUT2D eigenvalue weighted by atomic mass is 10.1. The van der Waals surface area contributed by atoms with Gasteiger partial charge in [-0.05, 0) is 96.3 Å². The number of hydrogen-bond acceptors (Lipinski definition) is 8. The maximum atomic E-state index is 12.7. The predicted molar refractivity (Wildman–Crippen MR) is 259 cm³/mol. The van der Waals surface area contributed by atoms with Gasteiger partial charge in [-0.3, -0.25) is 14.2 Å². The lowest BCUT2D eigenvalue weighted by Gasteiger charge is -2.28. The van der Waals surface area contributed by atoms with E-state index in [1.54, 1.807) is 0 Å². The number of quaternary nitrogens is 1. The molecule has 0 saturated carbocycles. The molecule has 0 aromatic heterocycles. The molecule has 0 heterocycles. The van der Waals surface area contributed by atoms with Gasteiger partial charge in [-0.1, -0.05) is 156 Å².